The molecular weight excluding hydrogens is 246 g/mol. The predicted octanol–water partition coefficient (Wildman–Crippen LogP) is -0.0295. The van der Waals surface area contributed by atoms with Crippen LogP contribution in [0.3, 0.4) is 0 Å². The van der Waals surface area contributed by atoms with Crippen LogP contribution in [0.15, 0.2) is 0 Å². The maximum Gasteiger partial charge on any atom is 0.510 e. The van der Waals surface area contributed by atoms with Crippen LogP contribution in [0.2, 0.25) is 0 Å². The van der Waals surface area contributed by atoms with Gasteiger partial charge < -0.3 is 24.6 Å². The first-order valence-corrected chi connectivity index (χ1v) is 5.28. The highest BCUT2D eigenvalue weighted by molar-refractivity contribution is 5.72. The highest BCUT2D eigenvalue weighted by Gasteiger charge is 2.10. The molecule has 0 aromatic carbocycles. The van der Waals surface area contributed by atoms with Crippen molar-refractivity contribution in [2.75, 3.05) is 26.6 Å². The second kappa shape index (κ2) is 9.23. The number of rotatable bonds is 8. The first-order valence-electron chi connectivity index (χ1n) is 5.28. The predicted molar refractivity (Wildman–Crippen MR) is 58.7 cm³/mol. The normalized spacial score (nSPS) is 11.4. The minimum atomic E-state index is -0.953. The molecule has 0 aromatic heterocycles. The zero-order chi connectivity index (χ0) is 14.0. The topological polar surface area (TPSA) is 111 Å². The van der Waals surface area contributed by atoms with Crippen molar-refractivity contribution in [3.63, 3.8) is 0 Å². The van der Waals surface area contributed by atoms with Gasteiger partial charge in [-0.1, -0.05) is 0 Å². The van der Waals surface area contributed by atoms with E-state index in [2.05, 4.69) is 14.8 Å². The third kappa shape index (κ3) is 9.40. The van der Waals surface area contributed by atoms with Crippen molar-refractivity contribution < 1.29 is 33.7 Å². The van der Waals surface area contributed by atoms with Crippen LogP contribution in [0.4, 0.5) is 4.79 Å². The van der Waals surface area contributed by atoms with Crippen molar-refractivity contribution >= 4 is 18.0 Å². The summed E-state index contributed by atoms with van der Waals surface area (Å²) in [5.74, 6) is -1.89. The number of nitrogens with one attached hydrogen (secondary N) is 1. The summed E-state index contributed by atoms with van der Waals surface area (Å²) in [6.07, 6.45) is -0.932. The summed E-state index contributed by atoms with van der Waals surface area (Å²) >= 11 is 0. The van der Waals surface area contributed by atoms with Crippen LogP contribution in [0.5, 0.6) is 0 Å². The fourth-order valence-corrected chi connectivity index (χ4v) is 0.754. The summed E-state index contributed by atoms with van der Waals surface area (Å²) < 4.78 is 14.0. The number of aliphatic carboxylic acids is 1. The summed E-state index contributed by atoms with van der Waals surface area (Å²) in [5, 5.41) is 10.8. The van der Waals surface area contributed by atoms with E-state index >= 15 is 0 Å². The molecule has 1 unspecified atom stereocenters. The van der Waals surface area contributed by atoms with E-state index in [-0.39, 0.29) is 32.5 Å². The van der Waals surface area contributed by atoms with E-state index in [4.69, 9.17) is 9.84 Å². The molecule has 2 N–H and O–H groups in total. The summed E-state index contributed by atoms with van der Waals surface area (Å²) in [6, 6.07) is 0. The smallest absolute Gasteiger partial charge is 0.481 e. The van der Waals surface area contributed by atoms with Gasteiger partial charge in [-0.25, -0.2) is 4.79 Å². The average Bonchev–Trinajstić information content (AvgIpc) is 2.27. The third-order valence-corrected chi connectivity index (χ3v) is 1.75. The molecule has 0 aliphatic rings. The van der Waals surface area contributed by atoms with Gasteiger partial charge in [0.05, 0.1) is 19.1 Å². The van der Waals surface area contributed by atoms with Crippen molar-refractivity contribution in [2.45, 2.75) is 13.8 Å². The van der Waals surface area contributed by atoms with Gasteiger partial charge in [-0.3, -0.25) is 9.59 Å². The third-order valence-electron chi connectivity index (χ3n) is 1.75. The Morgan fingerprint density at radius 2 is 1.89 bits per heavy atom. The van der Waals surface area contributed by atoms with Crippen LogP contribution in [0, 0.1) is 5.92 Å². The van der Waals surface area contributed by atoms with Crippen LogP contribution in [-0.2, 0) is 23.8 Å². The molecule has 8 nitrogen and oxygen atoms in total. The Morgan fingerprint density at radius 1 is 1.22 bits per heavy atom. The van der Waals surface area contributed by atoms with Crippen molar-refractivity contribution in [1.82, 2.24) is 5.32 Å². The monoisotopic (exact) mass is 263 g/mol. The fraction of sp³-hybridized carbons (Fsp3) is 0.700. The van der Waals surface area contributed by atoms with Gasteiger partial charge in [0.2, 0.25) is 5.91 Å². The molecule has 0 fully saturated rings. The number of carbonyl (C=O) groups is 3. The van der Waals surface area contributed by atoms with Crippen molar-refractivity contribution in [3.05, 3.63) is 0 Å². The molecule has 0 saturated carbocycles. The van der Waals surface area contributed by atoms with Gasteiger partial charge in [-0.05, 0) is 6.92 Å². The van der Waals surface area contributed by atoms with Gasteiger partial charge in [0.25, 0.3) is 0 Å². The lowest BCUT2D eigenvalue weighted by Crippen LogP contribution is -2.26. The molecule has 0 heterocycles. The van der Waals surface area contributed by atoms with Crippen molar-refractivity contribution in [3.8, 4) is 0 Å². The second-order valence-corrected chi connectivity index (χ2v) is 3.43. The molecule has 0 radical (unpaired) electrons. The van der Waals surface area contributed by atoms with E-state index in [9.17, 15) is 14.4 Å². The Kier molecular flexibility index (Phi) is 8.29. The van der Waals surface area contributed by atoms with Gasteiger partial charge in [-0.2, -0.15) is 0 Å². The highest BCUT2D eigenvalue weighted by atomic mass is 16.7. The van der Waals surface area contributed by atoms with E-state index in [1.807, 2.05) is 0 Å². The van der Waals surface area contributed by atoms with Crippen LogP contribution < -0.4 is 5.32 Å². The van der Waals surface area contributed by atoms with Gasteiger partial charge in [0.1, 0.15) is 6.61 Å². The fourth-order valence-electron chi connectivity index (χ4n) is 0.754. The average molecular weight is 263 g/mol. The Bertz CT molecular complexity index is 292. The van der Waals surface area contributed by atoms with Crippen LogP contribution >= 0.6 is 0 Å². The molecule has 0 rings (SSSR count). The molecule has 0 spiro atoms. The molecule has 0 bridgehead atoms. The molecule has 1 amide bonds. The SMILES string of the molecule is CC(=O)NCOC(=O)OCCOCC(C)C(=O)O. The molecule has 0 saturated heterocycles. The molecule has 1 atom stereocenters. The van der Waals surface area contributed by atoms with Gasteiger partial charge in [0.15, 0.2) is 6.73 Å². The lowest BCUT2D eigenvalue weighted by Gasteiger charge is -2.08. The van der Waals surface area contributed by atoms with E-state index in [1.54, 1.807) is 0 Å². The van der Waals surface area contributed by atoms with Gasteiger partial charge in [0, 0.05) is 6.92 Å². The van der Waals surface area contributed by atoms with E-state index in [0.717, 1.165) is 0 Å². The molecule has 0 aromatic rings. The number of amides is 1. The van der Waals surface area contributed by atoms with Gasteiger partial charge >= 0.3 is 12.1 Å². The quantitative estimate of drug-likeness (QED) is 0.359. The zero-order valence-corrected chi connectivity index (χ0v) is 10.3. The Hall–Kier alpha value is -1.83. The molecule has 104 valence electrons. The Balaban J connectivity index is 3.40. The Labute approximate surface area is 104 Å². The van der Waals surface area contributed by atoms with E-state index < -0.39 is 18.0 Å². The first kappa shape index (κ1) is 16.2. The van der Waals surface area contributed by atoms with E-state index in [0.29, 0.717) is 0 Å². The number of carboxylic acid groups (broad SMARTS) is 1. The molecule has 0 aliphatic heterocycles. The van der Waals surface area contributed by atoms with Crippen molar-refractivity contribution in [2.24, 2.45) is 5.92 Å². The maximum atomic E-state index is 10.9. The summed E-state index contributed by atoms with van der Waals surface area (Å²) in [6.45, 7) is 2.60. The summed E-state index contributed by atoms with van der Waals surface area (Å²) in [7, 11) is 0. The molecule has 0 aliphatic carbocycles. The summed E-state index contributed by atoms with van der Waals surface area (Å²) in [4.78, 5) is 31.7. The maximum absolute atomic E-state index is 10.9. The molecule has 18 heavy (non-hydrogen) atoms. The van der Waals surface area contributed by atoms with Crippen molar-refractivity contribution in [1.29, 1.82) is 0 Å². The number of hydrogen-bond donors (Lipinski definition) is 2. The molecular formula is C10H17NO7. The lowest BCUT2D eigenvalue weighted by atomic mass is 10.2. The van der Waals surface area contributed by atoms with Crippen LogP contribution in [-0.4, -0.2) is 49.7 Å². The molecule has 8 heteroatoms. The lowest BCUT2D eigenvalue weighted by molar-refractivity contribution is -0.143. The number of carbonyl (C=O) groups excluding carboxylic acids is 2. The van der Waals surface area contributed by atoms with Gasteiger partial charge in [-0.15, -0.1) is 0 Å². The minimum Gasteiger partial charge on any atom is -0.481 e. The standard InChI is InChI=1S/C10H17NO7/c1-7(9(13)14)5-16-3-4-17-10(15)18-6-11-8(2)12/h7H,3-6H2,1-2H3,(H,11,12)(H,13,14). The highest BCUT2D eigenvalue weighted by Crippen LogP contribution is 1.95. The first-order chi connectivity index (χ1) is 8.43. The minimum absolute atomic E-state index is 0.0413. The summed E-state index contributed by atoms with van der Waals surface area (Å²) in [5.41, 5.74) is 0. The number of carboxylic acids is 1. The second-order valence-electron chi connectivity index (χ2n) is 3.43. The van der Waals surface area contributed by atoms with Crippen LogP contribution in [0.1, 0.15) is 13.8 Å². The number of ether oxygens (including phenoxy) is 3. The Morgan fingerprint density at radius 3 is 2.44 bits per heavy atom. The van der Waals surface area contributed by atoms with Crippen LogP contribution in [0.25, 0.3) is 0 Å². The zero-order valence-electron chi connectivity index (χ0n) is 10.3. The number of hydrogen-bond acceptors (Lipinski definition) is 6. The largest absolute Gasteiger partial charge is 0.510 e. The van der Waals surface area contributed by atoms with E-state index in [1.165, 1.54) is 13.8 Å².